The van der Waals surface area contributed by atoms with Crippen LogP contribution in [0.15, 0.2) is 24.3 Å². The highest BCUT2D eigenvalue weighted by Gasteiger charge is 2.20. The Balaban J connectivity index is 2.17. The number of nitrogens with two attached hydrogens (primary N) is 1. The van der Waals surface area contributed by atoms with Gasteiger partial charge in [-0.3, -0.25) is 11.3 Å². The van der Waals surface area contributed by atoms with Crippen LogP contribution in [0.25, 0.3) is 0 Å². The van der Waals surface area contributed by atoms with Gasteiger partial charge in [-0.25, -0.2) is 0 Å². The van der Waals surface area contributed by atoms with Crippen LogP contribution in [0.2, 0.25) is 0 Å². The van der Waals surface area contributed by atoms with Gasteiger partial charge in [-0.2, -0.15) is 0 Å². The maximum atomic E-state index is 5.76. The lowest BCUT2D eigenvalue weighted by molar-refractivity contribution is 0.551. The molecule has 1 unspecified atom stereocenters. The lowest BCUT2D eigenvalue weighted by Crippen LogP contribution is -2.29. The largest absolute Gasteiger partial charge is 0.271 e. The van der Waals surface area contributed by atoms with Crippen molar-refractivity contribution in [2.45, 2.75) is 52.0 Å². The summed E-state index contributed by atoms with van der Waals surface area (Å²) < 4.78 is 4.09. The molecular weight excluding hydrogens is 280 g/mol. The normalized spacial score (nSPS) is 13.1. The zero-order valence-corrected chi connectivity index (χ0v) is 13.9. The molecule has 114 valence electrons. The number of hydrogen-bond donors (Lipinski definition) is 2. The van der Waals surface area contributed by atoms with Gasteiger partial charge in [-0.05, 0) is 40.9 Å². The molecule has 0 aliphatic rings. The fraction of sp³-hybridized carbons (Fsp3) is 0.500. The van der Waals surface area contributed by atoms with E-state index in [4.69, 9.17) is 5.84 Å². The van der Waals surface area contributed by atoms with E-state index in [-0.39, 0.29) is 6.04 Å². The van der Waals surface area contributed by atoms with E-state index in [1.54, 1.807) is 0 Å². The predicted molar refractivity (Wildman–Crippen MR) is 88.3 cm³/mol. The monoisotopic (exact) mass is 304 g/mol. The van der Waals surface area contributed by atoms with Crippen molar-refractivity contribution in [3.05, 3.63) is 46.0 Å². The quantitative estimate of drug-likeness (QED) is 0.633. The minimum atomic E-state index is 0.0623. The summed E-state index contributed by atoms with van der Waals surface area (Å²) >= 11 is 1.43. The Kier molecular flexibility index (Phi) is 5.45. The molecule has 0 bridgehead atoms. The summed E-state index contributed by atoms with van der Waals surface area (Å²) in [5.41, 5.74) is 6.59. The van der Waals surface area contributed by atoms with E-state index in [1.165, 1.54) is 22.7 Å². The van der Waals surface area contributed by atoms with Crippen molar-refractivity contribution in [2.24, 2.45) is 5.84 Å². The van der Waals surface area contributed by atoms with Crippen molar-refractivity contribution in [1.82, 2.24) is 15.0 Å². The topological polar surface area (TPSA) is 63.8 Å². The molecule has 0 fully saturated rings. The second-order valence-corrected chi connectivity index (χ2v) is 6.78. The minimum absolute atomic E-state index is 0.0623. The Morgan fingerprint density at radius 3 is 2.29 bits per heavy atom. The number of nitrogens with zero attached hydrogens (tertiary/aromatic N) is 2. The lowest BCUT2D eigenvalue weighted by atomic mass is 9.97. The van der Waals surface area contributed by atoms with Gasteiger partial charge in [-0.1, -0.05) is 56.4 Å². The second kappa shape index (κ2) is 7.11. The van der Waals surface area contributed by atoms with Crippen LogP contribution in [-0.4, -0.2) is 9.59 Å². The smallest absolute Gasteiger partial charge is 0.0829 e. The van der Waals surface area contributed by atoms with Gasteiger partial charge >= 0.3 is 0 Å². The molecular formula is C16H24N4S. The first-order chi connectivity index (χ1) is 10.0. The molecule has 0 spiro atoms. The van der Waals surface area contributed by atoms with Gasteiger partial charge in [0.25, 0.3) is 0 Å². The minimum Gasteiger partial charge on any atom is -0.271 e. The predicted octanol–water partition coefficient (Wildman–Crippen LogP) is 3.53. The molecule has 2 aromatic rings. The average Bonchev–Trinajstić information content (AvgIpc) is 2.94. The number of hydrazine groups is 1. The molecule has 3 N–H and O–H groups in total. The van der Waals surface area contributed by atoms with Gasteiger partial charge in [-0.15, -0.1) is 5.10 Å². The van der Waals surface area contributed by atoms with E-state index in [9.17, 15) is 0 Å². The molecule has 5 heteroatoms. The van der Waals surface area contributed by atoms with Crippen molar-refractivity contribution < 1.29 is 0 Å². The van der Waals surface area contributed by atoms with Crippen LogP contribution in [0.4, 0.5) is 0 Å². The average molecular weight is 304 g/mol. The molecule has 0 aliphatic carbocycles. The van der Waals surface area contributed by atoms with Crippen molar-refractivity contribution in [3.8, 4) is 0 Å². The molecule has 0 saturated carbocycles. The van der Waals surface area contributed by atoms with Gasteiger partial charge in [0.2, 0.25) is 0 Å². The van der Waals surface area contributed by atoms with Crippen molar-refractivity contribution in [1.29, 1.82) is 0 Å². The summed E-state index contributed by atoms with van der Waals surface area (Å²) in [5.74, 6) is 6.68. The van der Waals surface area contributed by atoms with E-state index in [2.05, 4.69) is 67.0 Å². The van der Waals surface area contributed by atoms with Crippen LogP contribution < -0.4 is 11.3 Å². The first kappa shape index (κ1) is 16.1. The highest BCUT2D eigenvalue weighted by Crippen LogP contribution is 2.28. The maximum absolute atomic E-state index is 5.76. The molecule has 0 radical (unpaired) electrons. The van der Waals surface area contributed by atoms with Crippen molar-refractivity contribution in [3.63, 3.8) is 0 Å². The number of nitrogens with one attached hydrogen (secondary N) is 1. The number of aromatic nitrogens is 2. The molecule has 1 aromatic heterocycles. The summed E-state index contributed by atoms with van der Waals surface area (Å²) in [6.07, 6.45) is 0.846. The third kappa shape index (κ3) is 3.87. The summed E-state index contributed by atoms with van der Waals surface area (Å²) in [6, 6.07) is 8.82. The van der Waals surface area contributed by atoms with Crippen LogP contribution in [0, 0.1) is 0 Å². The highest BCUT2D eigenvalue weighted by atomic mass is 32.1. The van der Waals surface area contributed by atoms with Gasteiger partial charge in [0.15, 0.2) is 0 Å². The second-order valence-electron chi connectivity index (χ2n) is 6.00. The van der Waals surface area contributed by atoms with Crippen LogP contribution in [0.1, 0.15) is 67.3 Å². The van der Waals surface area contributed by atoms with E-state index in [0.717, 1.165) is 17.0 Å². The van der Waals surface area contributed by atoms with Gasteiger partial charge in [0, 0.05) is 0 Å². The van der Waals surface area contributed by atoms with Crippen LogP contribution in [0.5, 0.6) is 0 Å². The molecule has 4 nitrogen and oxygen atoms in total. The molecule has 1 aromatic carbocycles. The third-order valence-corrected chi connectivity index (χ3v) is 4.54. The molecule has 0 aliphatic heterocycles. The fourth-order valence-corrected chi connectivity index (χ4v) is 3.21. The van der Waals surface area contributed by atoms with Crippen LogP contribution >= 0.6 is 11.5 Å². The van der Waals surface area contributed by atoms with Gasteiger partial charge < -0.3 is 0 Å². The van der Waals surface area contributed by atoms with E-state index in [0.29, 0.717) is 11.8 Å². The summed E-state index contributed by atoms with van der Waals surface area (Å²) in [4.78, 5) is 1.14. The first-order valence-corrected chi connectivity index (χ1v) is 8.17. The number of hydrogen-bond acceptors (Lipinski definition) is 5. The maximum Gasteiger partial charge on any atom is 0.0829 e. The van der Waals surface area contributed by atoms with Gasteiger partial charge in [0.1, 0.15) is 0 Å². The molecule has 1 heterocycles. The van der Waals surface area contributed by atoms with E-state index >= 15 is 0 Å². The number of rotatable bonds is 6. The third-order valence-electron chi connectivity index (χ3n) is 3.69. The van der Waals surface area contributed by atoms with Gasteiger partial charge in [0.05, 0.1) is 16.6 Å². The number of benzene rings is 1. The zero-order valence-electron chi connectivity index (χ0n) is 13.1. The standard InChI is InChI=1S/C16H24N4S/c1-10(2)13-7-5-12(6-8-13)9-14(18-17)16-15(11(3)4)19-20-21-16/h5-8,10-11,14,18H,9,17H2,1-4H3. The van der Waals surface area contributed by atoms with Crippen molar-refractivity contribution >= 4 is 11.5 Å². The molecule has 0 saturated heterocycles. The van der Waals surface area contributed by atoms with Crippen LogP contribution in [-0.2, 0) is 6.42 Å². The van der Waals surface area contributed by atoms with Crippen molar-refractivity contribution in [2.75, 3.05) is 0 Å². The Bertz CT molecular complexity index is 560. The summed E-state index contributed by atoms with van der Waals surface area (Å²) in [5, 5.41) is 4.24. The Labute approximate surface area is 130 Å². The highest BCUT2D eigenvalue weighted by molar-refractivity contribution is 7.05. The molecule has 1 atom stereocenters. The van der Waals surface area contributed by atoms with E-state index < -0.39 is 0 Å². The lowest BCUT2D eigenvalue weighted by Gasteiger charge is -2.16. The van der Waals surface area contributed by atoms with Crippen LogP contribution in [0.3, 0.4) is 0 Å². The summed E-state index contributed by atoms with van der Waals surface area (Å²) in [6.45, 7) is 8.67. The zero-order chi connectivity index (χ0) is 15.4. The SMILES string of the molecule is CC(C)c1ccc(CC(NN)c2snnc2C(C)C)cc1. The first-order valence-electron chi connectivity index (χ1n) is 7.40. The Hall–Kier alpha value is -1.30. The summed E-state index contributed by atoms with van der Waals surface area (Å²) in [7, 11) is 0. The Morgan fingerprint density at radius 2 is 1.76 bits per heavy atom. The molecule has 2 rings (SSSR count). The molecule has 0 amide bonds. The van der Waals surface area contributed by atoms with E-state index in [1.807, 2.05) is 0 Å². The molecule has 21 heavy (non-hydrogen) atoms. The Morgan fingerprint density at radius 1 is 1.10 bits per heavy atom. The fourth-order valence-electron chi connectivity index (χ4n) is 2.35.